The van der Waals surface area contributed by atoms with Crippen molar-refractivity contribution >= 4 is 62.8 Å². The molecule has 0 spiro atoms. The number of rotatable bonds is 9. The molecular weight excluding hydrogens is 421 g/mol. The minimum atomic E-state index is -4.61. The van der Waals surface area contributed by atoms with Gasteiger partial charge in [-0.15, -0.1) is 0 Å². The Morgan fingerprint density at radius 2 is 1.26 bits per heavy atom. The van der Waals surface area contributed by atoms with Gasteiger partial charge in [-0.05, 0) is 16.7 Å². The number of benzene rings is 1. The third-order valence-electron chi connectivity index (χ3n) is 4.75. The first kappa shape index (κ1) is 26.8. The number of hydrogen-bond donors (Lipinski definition) is 0. The molecule has 9 nitrogen and oxygen atoms in total. The number of esters is 1. The van der Waals surface area contributed by atoms with E-state index < -0.39 is 40.3 Å². The molecule has 13 heteroatoms. The van der Waals surface area contributed by atoms with Gasteiger partial charge in [-0.2, -0.15) is 0 Å². The van der Waals surface area contributed by atoms with E-state index in [2.05, 4.69) is 0 Å². The molecule has 0 saturated heterocycles. The first-order chi connectivity index (χ1) is 14.3. The Morgan fingerprint density at radius 1 is 0.871 bits per heavy atom. The number of carbonyl (C=O) groups is 3. The molecule has 0 aliphatic carbocycles. The van der Waals surface area contributed by atoms with Crippen LogP contribution in [0.2, 0.25) is 0 Å². The van der Waals surface area contributed by atoms with E-state index in [4.69, 9.17) is 28.3 Å². The largest absolute Gasteiger partial charge is 0.748 e. The van der Waals surface area contributed by atoms with E-state index in [1.54, 1.807) is 0 Å². The summed E-state index contributed by atoms with van der Waals surface area (Å²) in [6.45, 7) is 1.90. The lowest BCUT2D eigenvalue weighted by Gasteiger charge is -2.32. The quantitative estimate of drug-likeness (QED) is 0.283. The molecule has 0 aliphatic rings. The summed E-state index contributed by atoms with van der Waals surface area (Å²) in [6.07, 6.45) is -0.549. The molecule has 0 saturated carbocycles. The highest BCUT2D eigenvalue weighted by Crippen LogP contribution is 2.40. The zero-order valence-corrected chi connectivity index (χ0v) is 18.7. The van der Waals surface area contributed by atoms with Crippen molar-refractivity contribution in [1.29, 1.82) is 0 Å². The van der Waals surface area contributed by atoms with Gasteiger partial charge in [0, 0.05) is 27.9 Å². The number of ether oxygens (including phenoxy) is 1. The lowest BCUT2D eigenvalue weighted by Crippen LogP contribution is -2.32. The van der Waals surface area contributed by atoms with Crippen molar-refractivity contribution in [3.63, 3.8) is 0 Å². The fraction of sp³-hybridized carbons (Fsp3) is 0.500. The number of carbonyl (C=O) groups excluding carboxylic acids is 3. The predicted molar refractivity (Wildman–Crippen MR) is 118 cm³/mol. The zero-order chi connectivity index (χ0) is 24.1. The van der Waals surface area contributed by atoms with Gasteiger partial charge in [0.15, 0.2) is 0 Å². The lowest BCUT2D eigenvalue weighted by molar-refractivity contribution is -0.117. The van der Waals surface area contributed by atoms with Crippen molar-refractivity contribution in [2.75, 3.05) is 36.3 Å². The summed E-state index contributed by atoms with van der Waals surface area (Å²) in [5.41, 5.74) is 1.08. The third-order valence-corrected chi connectivity index (χ3v) is 5.41. The normalized spacial score (nSPS) is 11.1. The molecule has 31 heavy (non-hydrogen) atoms. The second-order valence-corrected chi connectivity index (χ2v) is 8.20. The first-order valence-corrected chi connectivity index (χ1v) is 10.8. The number of anilines is 2. The smallest absolute Gasteiger partial charge is 0.338 e. The summed E-state index contributed by atoms with van der Waals surface area (Å²) >= 11 is 0. The molecule has 1 aromatic carbocycles. The summed E-state index contributed by atoms with van der Waals surface area (Å²) in [6, 6.07) is 0. The summed E-state index contributed by atoms with van der Waals surface area (Å²) in [5, 5.41) is 0. The number of amides is 2. The fourth-order valence-corrected chi connectivity index (χ4v) is 3.45. The standard InChI is InChI=1S/C18H23B3N2O7S/c1-10(24)22(3)16-12(7-19)15(18(26)30-5-6-31(27,28)29)13(8-20)17(14(16)9-21)23(4)11(2)25/h5-9H2,1-4H3,(H,27,28,29)/p-1. The molecule has 0 heterocycles. The van der Waals surface area contributed by atoms with Crippen LogP contribution >= 0.6 is 0 Å². The van der Waals surface area contributed by atoms with Crippen LogP contribution in [0.15, 0.2) is 0 Å². The van der Waals surface area contributed by atoms with Crippen LogP contribution in [0.4, 0.5) is 11.4 Å². The molecule has 1 aromatic rings. The Labute approximate surface area is 186 Å². The summed E-state index contributed by atoms with van der Waals surface area (Å²) in [5.74, 6) is -2.70. The van der Waals surface area contributed by atoms with Crippen molar-refractivity contribution in [3.8, 4) is 0 Å². The Bertz CT molecular complexity index is 934. The molecule has 0 N–H and O–H groups in total. The number of nitrogens with zero attached hydrogens (tertiary/aromatic N) is 2. The van der Waals surface area contributed by atoms with Crippen LogP contribution < -0.4 is 9.80 Å². The van der Waals surface area contributed by atoms with Crippen LogP contribution in [0.25, 0.3) is 0 Å². The van der Waals surface area contributed by atoms with Gasteiger partial charge in [-0.1, -0.05) is 19.0 Å². The average Bonchev–Trinajstić information content (AvgIpc) is 2.68. The van der Waals surface area contributed by atoms with E-state index in [1.807, 2.05) is 0 Å². The van der Waals surface area contributed by atoms with Gasteiger partial charge < -0.3 is 19.1 Å². The monoisotopic (exact) mass is 443 g/mol. The van der Waals surface area contributed by atoms with Gasteiger partial charge in [-0.3, -0.25) is 9.59 Å². The van der Waals surface area contributed by atoms with E-state index in [1.165, 1.54) is 37.7 Å². The maximum atomic E-state index is 12.9. The molecule has 162 valence electrons. The van der Waals surface area contributed by atoms with Gasteiger partial charge in [0.2, 0.25) is 11.8 Å². The van der Waals surface area contributed by atoms with Gasteiger partial charge in [0.1, 0.15) is 6.61 Å². The summed E-state index contributed by atoms with van der Waals surface area (Å²) < 4.78 is 37.5. The first-order valence-electron chi connectivity index (χ1n) is 9.22. The molecule has 0 aliphatic heterocycles. The summed E-state index contributed by atoms with van der Waals surface area (Å²) in [4.78, 5) is 39.7. The van der Waals surface area contributed by atoms with E-state index >= 15 is 0 Å². The Kier molecular flexibility index (Phi) is 9.37. The van der Waals surface area contributed by atoms with Crippen LogP contribution in [0.3, 0.4) is 0 Å². The van der Waals surface area contributed by atoms with Crippen LogP contribution in [-0.2, 0) is 43.4 Å². The molecule has 6 radical (unpaired) electrons. The summed E-state index contributed by atoms with van der Waals surface area (Å²) in [7, 11) is 16.1. The zero-order valence-electron chi connectivity index (χ0n) is 17.9. The minimum absolute atomic E-state index is 0.107. The number of hydrogen-bond acceptors (Lipinski definition) is 7. The van der Waals surface area contributed by atoms with Crippen LogP contribution in [0.5, 0.6) is 0 Å². The topological polar surface area (TPSA) is 124 Å². The molecule has 0 bridgehead atoms. The lowest BCUT2D eigenvalue weighted by atomic mass is 9.78. The minimum Gasteiger partial charge on any atom is -0.748 e. The van der Waals surface area contributed by atoms with E-state index in [0.29, 0.717) is 5.56 Å². The molecule has 0 unspecified atom stereocenters. The molecule has 0 atom stereocenters. The SMILES string of the molecule is [B]Cc1c(C(=O)OCCS(=O)(=O)[O-])c(C[B])c(N(C)C(C)=O)c(C[B])c1N(C)C(C)=O. The maximum absolute atomic E-state index is 12.9. The van der Waals surface area contributed by atoms with E-state index in [0.717, 1.165) is 0 Å². The van der Waals surface area contributed by atoms with Gasteiger partial charge >= 0.3 is 5.97 Å². The van der Waals surface area contributed by atoms with E-state index in [9.17, 15) is 27.4 Å². The van der Waals surface area contributed by atoms with Gasteiger partial charge in [-0.25, -0.2) is 13.2 Å². The molecular formula is C18H22B3N2O7S-. The van der Waals surface area contributed by atoms with Crippen molar-refractivity contribution in [1.82, 2.24) is 0 Å². The molecule has 1 rings (SSSR count). The highest BCUT2D eigenvalue weighted by Gasteiger charge is 2.30. The predicted octanol–water partition coefficient (Wildman–Crippen LogP) is -0.640. The van der Waals surface area contributed by atoms with E-state index in [-0.39, 0.29) is 47.0 Å². The molecule has 0 aromatic heterocycles. The van der Waals surface area contributed by atoms with Crippen LogP contribution in [0.1, 0.15) is 40.9 Å². The average molecular weight is 443 g/mol. The van der Waals surface area contributed by atoms with Crippen LogP contribution in [0, 0.1) is 0 Å². The van der Waals surface area contributed by atoms with Crippen LogP contribution in [-0.4, -0.2) is 80.7 Å². The Balaban J connectivity index is 3.94. The highest BCUT2D eigenvalue weighted by molar-refractivity contribution is 7.85. The van der Waals surface area contributed by atoms with Crippen molar-refractivity contribution in [2.45, 2.75) is 32.8 Å². The highest BCUT2D eigenvalue weighted by atomic mass is 32.2. The molecule has 2 amide bonds. The third kappa shape index (κ3) is 6.13. The van der Waals surface area contributed by atoms with Crippen molar-refractivity contribution < 1.29 is 32.1 Å². The second-order valence-electron chi connectivity index (χ2n) is 6.67. The maximum Gasteiger partial charge on any atom is 0.338 e. The van der Waals surface area contributed by atoms with Crippen molar-refractivity contribution in [2.24, 2.45) is 0 Å². The fourth-order valence-electron chi connectivity index (χ4n) is 3.17. The Hall–Kier alpha value is -2.27. The second kappa shape index (κ2) is 10.9. The van der Waals surface area contributed by atoms with Crippen molar-refractivity contribution in [3.05, 3.63) is 22.3 Å². The Morgan fingerprint density at radius 3 is 1.55 bits per heavy atom. The van der Waals surface area contributed by atoms with Gasteiger partial charge in [0.25, 0.3) is 0 Å². The van der Waals surface area contributed by atoms with Gasteiger partial charge in [0.05, 0.1) is 56.3 Å². The molecule has 0 fully saturated rings.